The Bertz CT molecular complexity index is 528. The molecule has 0 saturated carbocycles. The average Bonchev–Trinajstić information content (AvgIpc) is 2.27. The molecule has 1 rings (SSSR count). The average molecular weight is 296 g/mol. The van der Waals surface area contributed by atoms with Gasteiger partial charge >= 0.3 is 6.09 Å². The second kappa shape index (κ2) is 5.81. The standard InChI is InChI=1S/C15H24N2O4/c1-14(2,3)21-13(19)17-10-7-9(15(4,5)16)8-11(20-6)12(10)18/h7-8,18H,16H2,1-6H3,(H,17,19). The van der Waals surface area contributed by atoms with Gasteiger partial charge in [0.25, 0.3) is 0 Å². The first-order valence-corrected chi connectivity index (χ1v) is 6.64. The Kier molecular flexibility index (Phi) is 4.73. The van der Waals surface area contributed by atoms with Crippen LogP contribution in [0.25, 0.3) is 0 Å². The summed E-state index contributed by atoms with van der Waals surface area (Å²) in [7, 11) is 1.43. The number of phenolic OH excluding ortho intramolecular Hbond substituents is 1. The first kappa shape index (κ1) is 17.1. The molecule has 0 saturated heterocycles. The Morgan fingerprint density at radius 1 is 1.24 bits per heavy atom. The summed E-state index contributed by atoms with van der Waals surface area (Å²) in [6, 6.07) is 3.23. The molecule has 0 aliphatic heterocycles. The summed E-state index contributed by atoms with van der Waals surface area (Å²) < 4.78 is 10.3. The highest BCUT2D eigenvalue weighted by atomic mass is 16.6. The third-order valence-electron chi connectivity index (χ3n) is 2.67. The summed E-state index contributed by atoms with van der Waals surface area (Å²) in [6.45, 7) is 8.90. The van der Waals surface area contributed by atoms with Gasteiger partial charge in [-0.3, -0.25) is 5.32 Å². The molecule has 4 N–H and O–H groups in total. The molecule has 0 spiro atoms. The fourth-order valence-electron chi connectivity index (χ4n) is 1.64. The van der Waals surface area contributed by atoms with E-state index in [1.54, 1.807) is 32.9 Å². The lowest BCUT2D eigenvalue weighted by Crippen LogP contribution is -2.29. The molecule has 0 unspecified atom stereocenters. The SMILES string of the molecule is COc1cc(C(C)(C)N)cc(NC(=O)OC(C)(C)C)c1O. The van der Waals surface area contributed by atoms with E-state index < -0.39 is 17.2 Å². The second-order valence-electron chi connectivity index (χ2n) is 6.42. The van der Waals surface area contributed by atoms with Crippen molar-refractivity contribution >= 4 is 11.8 Å². The van der Waals surface area contributed by atoms with Crippen LogP contribution in [0.15, 0.2) is 12.1 Å². The van der Waals surface area contributed by atoms with Crippen molar-refractivity contribution in [1.82, 2.24) is 0 Å². The number of methoxy groups -OCH3 is 1. The van der Waals surface area contributed by atoms with Gasteiger partial charge in [-0.15, -0.1) is 0 Å². The van der Waals surface area contributed by atoms with Gasteiger partial charge in [0.1, 0.15) is 5.60 Å². The summed E-state index contributed by atoms with van der Waals surface area (Å²) in [4.78, 5) is 11.8. The number of hydrogen-bond acceptors (Lipinski definition) is 5. The van der Waals surface area contributed by atoms with Gasteiger partial charge in [0.05, 0.1) is 12.8 Å². The van der Waals surface area contributed by atoms with Gasteiger partial charge in [-0.1, -0.05) is 0 Å². The Morgan fingerprint density at radius 3 is 2.24 bits per heavy atom. The zero-order valence-corrected chi connectivity index (χ0v) is 13.4. The van der Waals surface area contributed by atoms with Crippen LogP contribution in [0.3, 0.4) is 0 Å². The summed E-state index contributed by atoms with van der Waals surface area (Å²) in [6.07, 6.45) is -0.660. The first-order chi connectivity index (χ1) is 9.44. The number of nitrogens with one attached hydrogen (secondary N) is 1. The number of benzene rings is 1. The molecule has 0 fully saturated rings. The third kappa shape index (κ3) is 4.82. The molecule has 0 aliphatic rings. The van der Waals surface area contributed by atoms with Crippen molar-refractivity contribution in [3.63, 3.8) is 0 Å². The van der Waals surface area contributed by atoms with E-state index in [9.17, 15) is 9.90 Å². The Labute approximate surface area is 125 Å². The minimum atomic E-state index is -0.660. The van der Waals surface area contributed by atoms with E-state index in [1.807, 2.05) is 13.8 Å². The quantitative estimate of drug-likeness (QED) is 0.746. The predicted octanol–water partition coefficient (Wildman–Crippen LogP) is 2.94. The molecule has 0 aromatic heterocycles. The number of nitrogens with two attached hydrogens (primary N) is 1. The van der Waals surface area contributed by atoms with Gasteiger partial charge < -0.3 is 20.3 Å². The van der Waals surface area contributed by atoms with Crippen LogP contribution in [0, 0.1) is 0 Å². The first-order valence-electron chi connectivity index (χ1n) is 6.64. The molecule has 21 heavy (non-hydrogen) atoms. The molecule has 0 radical (unpaired) electrons. The van der Waals surface area contributed by atoms with Crippen LogP contribution >= 0.6 is 0 Å². The van der Waals surface area contributed by atoms with Crippen LogP contribution in [0.1, 0.15) is 40.2 Å². The van der Waals surface area contributed by atoms with Crippen molar-refractivity contribution < 1.29 is 19.4 Å². The van der Waals surface area contributed by atoms with Crippen LogP contribution in [-0.2, 0) is 10.3 Å². The zero-order valence-electron chi connectivity index (χ0n) is 13.4. The Balaban J connectivity index is 3.14. The Hall–Kier alpha value is -1.95. The minimum Gasteiger partial charge on any atom is -0.503 e. The molecule has 1 amide bonds. The second-order valence-corrected chi connectivity index (χ2v) is 6.42. The van der Waals surface area contributed by atoms with E-state index in [4.69, 9.17) is 15.2 Å². The highest BCUT2D eigenvalue weighted by Crippen LogP contribution is 2.38. The summed E-state index contributed by atoms with van der Waals surface area (Å²) in [5.41, 5.74) is 5.68. The van der Waals surface area contributed by atoms with Crippen molar-refractivity contribution in [2.24, 2.45) is 5.73 Å². The highest BCUT2D eigenvalue weighted by molar-refractivity contribution is 5.88. The van der Waals surface area contributed by atoms with Crippen molar-refractivity contribution in [3.05, 3.63) is 17.7 Å². The molecule has 0 bridgehead atoms. The number of anilines is 1. The van der Waals surface area contributed by atoms with Gasteiger partial charge in [-0.05, 0) is 52.3 Å². The predicted molar refractivity (Wildman–Crippen MR) is 81.7 cm³/mol. The number of carbonyl (C=O) groups excluding carboxylic acids is 1. The van der Waals surface area contributed by atoms with Crippen molar-refractivity contribution in [1.29, 1.82) is 0 Å². The molecule has 6 nitrogen and oxygen atoms in total. The lowest BCUT2D eigenvalue weighted by molar-refractivity contribution is 0.0635. The maximum absolute atomic E-state index is 11.8. The lowest BCUT2D eigenvalue weighted by Gasteiger charge is -2.23. The molecule has 1 aromatic carbocycles. The van der Waals surface area contributed by atoms with E-state index in [0.717, 1.165) is 0 Å². The van der Waals surface area contributed by atoms with Crippen LogP contribution in [0.5, 0.6) is 11.5 Å². The molecule has 0 aliphatic carbocycles. The fourth-order valence-corrected chi connectivity index (χ4v) is 1.64. The number of carbonyl (C=O) groups is 1. The normalized spacial score (nSPS) is 12.0. The van der Waals surface area contributed by atoms with Crippen LogP contribution < -0.4 is 15.8 Å². The number of hydrogen-bond donors (Lipinski definition) is 3. The van der Waals surface area contributed by atoms with E-state index in [-0.39, 0.29) is 17.2 Å². The molecule has 6 heteroatoms. The molecule has 118 valence electrons. The van der Waals surface area contributed by atoms with Crippen LogP contribution in [0.2, 0.25) is 0 Å². The summed E-state index contributed by atoms with van der Waals surface area (Å²) >= 11 is 0. The molecular weight excluding hydrogens is 272 g/mol. The molecule has 1 aromatic rings. The number of phenols is 1. The van der Waals surface area contributed by atoms with E-state index in [1.165, 1.54) is 7.11 Å². The van der Waals surface area contributed by atoms with E-state index in [0.29, 0.717) is 5.56 Å². The maximum atomic E-state index is 11.8. The topological polar surface area (TPSA) is 93.8 Å². The summed E-state index contributed by atoms with van der Waals surface area (Å²) in [5.74, 6) is 0.0634. The van der Waals surface area contributed by atoms with Crippen molar-refractivity contribution in [2.45, 2.75) is 45.8 Å². The number of rotatable bonds is 3. The van der Waals surface area contributed by atoms with Crippen molar-refractivity contribution in [3.8, 4) is 11.5 Å². The smallest absolute Gasteiger partial charge is 0.412 e. The third-order valence-corrected chi connectivity index (χ3v) is 2.67. The van der Waals surface area contributed by atoms with Crippen LogP contribution in [-0.4, -0.2) is 23.9 Å². The minimum absolute atomic E-state index is 0.170. The maximum Gasteiger partial charge on any atom is 0.412 e. The molecule has 0 atom stereocenters. The largest absolute Gasteiger partial charge is 0.503 e. The molecular formula is C15H24N2O4. The number of aromatic hydroxyl groups is 1. The highest BCUT2D eigenvalue weighted by Gasteiger charge is 2.22. The van der Waals surface area contributed by atoms with Gasteiger partial charge in [0.2, 0.25) is 0 Å². The monoisotopic (exact) mass is 296 g/mol. The van der Waals surface area contributed by atoms with Gasteiger partial charge in [-0.25, -0.2) is 4.79 Å². The Morgan fingerprint density at radius 2 is 1.81 bits per heavy atom. The van der Waals surface area contributed by atoms with Gasteiger partial charge in [0, 0.05) is 5.54 Å². The van der Waals surface area contributed by atoms with E-state index >= 15 is 0 Å². The van der Waals surface area contributed by atoms with Gasteiger partial charge in [-0.2, -0.15) is 0 Å². The number of amides is 1. The number of ether oxygens (including phenoxy) is 2. The van der Waals surface area contributed by atoms with Crippen molar-refractivity contribution in [2.75, 3.05) is 12.4 Å². The lowest BCUT2D eigenvalue weighted by atomic mass is 9.94. The molecule has 0 heterocycles. The van der Waals surface area contributed by atoms with Crippen LogP contribution in [0.4, 0.5) is 10.5 Å². The fraction of sp³-hybridized carbons (Fsp3) is 0.533. The zero-order chi connectivity index (χ0) is 16.4. The van der Waals surface area contributed by atoms with E-state index in [2.05, 4.69) is 5.32 Å². The van der Waals surface area contributed by atoms with Gasteiger partial charge in [0.15, 0.2) is 11.5 Å². The summed E-state index contributed by atoms with van der Waals surface area (Å²) in [5, 5.41) is 12.6.